The molecule has 0 aliphatic rings. The van der Waals surface area contributed by atoms with Gasteiger partial charge in [-0.3, -0.25) is 9.72 Å². The monoisotopic (exact) mass is 285 g/mol. The maximum Gasteiger partial charge on any atom is 0.409 e. The Morgan fingerprint density at radius 1 is 1.53 bits per heavy atom. The molecule has 6 nitrogen and oxygen atoms in total. The van der Waals surface area contributed by atoms with Crippen molar-refractivity contribution in [2.45, 2.75) is 27.4 Å². The Kier molecular flexibility index (Phi) is 6.91. The van der Waals surface area contributed by atoms with Crippen molar-refractivity contribution in [2.75, 3.05) is 13.3 Å². The van der Waals surface area contributed by atoms with Crippen LogP contribution in [-0.4, -0.2) is 28.8 Å². The molecule has 0 aromatic carbocycles. The van der Waals surface area contributed by atoms with Crippen molar-refractivity contribution in [2.24, 2.45) is 0 Å². The third kappa shape index (κ3) is 4.88. The Bertz CT molecular complexity index is 467. The fourth-order valence-electron chi connectivity index (χ4n) is 1.25. The number of alkyl carbamates (subject to hydrolysis) is 1. The number of thiazole rings is 1. The minimum absolute atomic E-state index is 0.159. The molecule has 2 aromatic heterocycles. The summed E-state index contributed by atoms with van der Waals surface area (Å²) in [5.74, 6) is 0. The van der Waals surface area contributed by atoms with Crippen LogP contribution in [0, 0.1) is 0 Å². The van der Waals surface area contributed by atoms with Gasteiger partial charge >= 0.3 is 6.09 Å². The maximum absolute atomic E-state index is 11.2. The highest BCUT2D eigenvalue weighted by Gasteiger charge is 2.06. The lowest BCUT2D eigenvalue weighted by atomic mass is 10.5. The molecular formula is C12H19N3O3S. The summed E-state index contributed by atoms with van der Waals surface area (Å²) in [6.07, 6.45) is 3.24. The number of fused-ring (bicyclic) bond motifs is 1. The fourth-order valence-corrected chi connectivity index (χ4v) is 1.97. The zero-order valence-corrected chi connectivity index (χ0v) is 12.2. The van der Waals surface area contributed by atoms with E-state index >= 15 is 0 Å². The highest BCUT2D eigenvalue weighted by Crippen LogP contribution is 2.11. The average molecular weight is 285 g/mol. The zero-order valence-electron chi connectivity index (χ0n) is 11.4. The summed E-state index contributed by atoms with van der Waals surface area (Å²) in [5.41, 5.74) is 0.725. The lowest BCUT2D eigenvalue weighted by Gasteiger charge is -2.04. The number of amides is 1. The summed E-state index contributed by atoms with van der Waals surface area (Å²) < 4.78 is 11.8. The van der Waals surface area contributed by atoms with E-state index in [4.69, 9.17) is 9.47 Å². The first-order valence-electron chi connectivity index (χ1n) is 6.19. The second kappa shape index (κ2) is 8.49. The zero-order chi connectivity index (χ0) is 14.1. The molecule has 0 saturated heterocycles. The molecule has 7 heteroatoms. The highest BCUT2D eigenvalue weighted by atomic mass is 32.1. The number of carbonyl (C=O) groups is 1. The molecule has 106 valence electrons. The predicted octanol–water partition coefficient (Wildman–Crippen LogP) is 2.64. The quantitative estimate of drug-likeness (QED) is 0.677. The van der Waals surface area contributed by atoms with Crippen LogP contribution in [0.25, 0.3) is 4.96 Å². The standard InChI is InChI=1S/C10H13N3O3S.C2H6/c1-2-15-7-11-10(14)16-6-8-5-13-3-4-17-9(13)12-8;1-2/h3-5H,2,6-7H2,1H3,(H,11,14);1-2H3. The van der Waals surface area contributed by atoms with E-state index in [1.165, 1.54) is 11.3 Å². The molecule has 0 saturated carbocycles. The van der Waals surface area contributed by atoms with Crippen molar-refractivity contribution in [3.8, 4) is 0 Å². The summed E-state index contributed by atoms with van der Waals surface area (Å²) in [5, 5.41) is 4.41. The molecule has 0 bridgehead atoms. The van der Waals surface area contributed by atoms with Crippen LogP contribution >= 0.6 is 11.3 Å². The number of nitrogens with one attached hydrogen (secondary N) is 1. The minimum Gasteiger partial charge on any atom is -0.443 e. The topological polar surface area (TPSA) is 64.9 Å². The van der Waals surface area contributed by atoms with Gasteiger partial charge in [-0.2, -0.15) is 0 Å². The van der Waals surface area contributed by atoms with Crippen molar-refractivity contribution in [3.05, 3.63) is 23.5 Å². The number of imidazole rings is 1. The van der Waals surface area contributed by atoms with Crippen LogP contribution in [-0.2, 0) is 16.1 Å². The number of ether oxygens (including phenoxy) is 2. The fraction of sp³-hybridized carbons (Fsp3) is 0.500. The normalized spacial score (nSPS) is 9.84. The molecule has 1 amide bonds. The number of hydrogen-bond acceptors (Lipinski definition) is 5. The van der Waals surface area contributed by atoms with Gasteiger partial charge in [0.1, 0.15) is 13.3 Å². The Hall–Kier alpha value is -1.60. The predicted molar refractivity (Wildman–Crippen MR) is 74.2 cm³/mol. The molecule has 0 atom stereocenters. The lowest BCUT2D eigenvalue weighted by molar-refractivity contribution is 0.0982. The van der Waals surface area contributed by atoms with Gasteiger partial charge in [-0.05, 0) is 6.92 Å². The van der Waals surface area contributed by atoms with E-state index < -0.39 is 6.09 Å². The average Bonchev–Trinajstić information content (AvgIpc) is 3.00. The van der Waals surface area contributed by atoms with Crippen LogP contribution in [0.5, 0.6) is 0 Å². The van der Waals surface area contributed by atoms with Gasteiger partial charge in [-0.1, -0.05) is 13.8 Å². The van der Waals surface area contributed by atoms with Crippen LogP contribution in [0.3, 0.4) is 0 Å². The van der Waals surface area contributed by atoms with Gasteiger partial charge in [0.05, 0.1) is 5.69 Å². The van der Waals surface area contributed by atoms with E-state index in [2.05, 4.69) is 10.3 Å². The SMILES string of the molecule is CC.CCOCNC(=O)OCc1cn2ccsc2n1. The molecule has 19 heavy (non-hydrogen) atoms. The van der Waals surface area contributed by atoms with Crippen molar-refractivity contribution in [1.82, 2.24) is 14.7 Å². The van der Waals surface area contributed by atoms with E-state index in [0.29, 0.717) is 6.61 Å². The van der Waals surface area contributed by atoms with E-state index in [0.717, 1.165) is 10.7 Å². The molecular weight excluding hydrogens is 266 g/mol. The summed E-state index contributed by atoms with van der Waals surface area (Å²) in [4.78, 5) is 16.4. The molecule has 2 aromatic rings. The summed E-state index contributed by atoms with van der Waals surface area (Å²) in [6.45, 7) is 6.72. The Labute approximate surface area is 116 Å². The van der Waals surface area contributed by atoms with Crippen molar-refractivity contribution < 1.29 is 14.3 Å². The first-order valence-corrected chi connectivity index (χ1v) is 7.07. The third-order valence-corrected chi connectivity index (χ3v) is 2.79. The minimum atomic E-state index is -0.505. The summed E-state index contributed by atoms with van der Waals surface area (Å²) in [7, 11) is 0. The number of carbonyl (C=O) groups excluding carboxylic acids is 1. The van der Waals surface area contributed by atoms with E-state index in [-0.39, 0.29) is 13.3 Å². The van der Waals surface area contributed by atoms with E-state index in [1.807, 2.05) is 42.9 Å². The summed E-state index contributed by atoms with van der Waals surface area (Å²) in [6, 6.07) is 0. The Morgan fingerprint density at radius 3 is 3.00 bits per heavy atom. The summed E-state index contributed by atoms with van der Waals surface area (Å²) >= 11 is 1.54. The van der Waals surface area contributed by atoms with Crippen LogP contribution in [0.2, 0.25) is 0 Å². The smallest absolute Gasteiger partial charge is 0.409 e. The van der Waals surface area contributed by atoms with Gasteiger partial charge in [-0.15, -0.1) is 11.3 Å². The first kappa shape index (κ1) is 15.5. The molecule has 0 spiro atoms. The number of nitrogens with zero attached hydrogens (tertiary/aromatic N) is 2. The van der Waals surface area contributed by atoms with Crippen LogP contribution in [0.1, 0.15) is 26.5 Å². The second-order valence-corrected chi connectivity index (χ2v) is 4.09. The largest absolute Gasteiger partial charge is 0.443 e. The van der Waals surface area contributed by atoms with Crippen LogP contribution in [0.15, 0.2) is 17.8 Å². The first-order chi connectivity index (χ1) is 9.29. The van der Waals surface area contributed by atoms with Gasteiger partial charge in [-0.25, -0.2) is 9.78 Å². The Morgan fingerprint density at radius 2 is 2.32 bits per heavy atom. The number of rotatable bonds is 5. The van der Waals surface area contributed by atoms with Gasteiger partial charge < -0.3 is 9.47 Å². The second-order valence-electron chi connectivity index (χ2n) is 3.22. The van der Waals surface area contributed by atoms with Crippen LogP contribution in [0.4, 0.5) is 4.79 Å². The Balaban J connectivity index is 0.000000861. The lowest BCUT2D eigenvalue weighted by Crippen LogP contribution is -2.26. The van der Waals surface area contributed by atoms with Crippen molar-refractivity contribution >= 4 is 22.4 Å². The highest BCUT2D eigenvalue weighted by molar-refractivity contribution is 7.15. The van der Waals surface area contributed by atoms with E-state index in [9.17, 15) is 4.79 Å². The molecule has 0 aliphatic heterocycles. The van der Waals surface area contributed by atoms with Gasteiger partial charge in [0.2, 0.25) is 0 Å². The van der Waals surface area contributed by atoms with Crippen molar-refractivity contribution in [3.63, 3.8) is 0 Å². The third-order valence-electron chi connectivity index (χ3n) is 2.02. The van der Waals surface area contributed by atoms with Crippen LogP contribution < -0.4 is 5.32 Å². The number of hydrogen-bond donors (Lipinski definition) is 1. The molecule has 2 heterocycles. The van der Waals surface area contributed by atoms with Crippen molar-refractivity contribution in [1.29, 1.82) is 0 Å². The molecule has 0 aliphatic carbocycles. The van der Waals surface area contributed by atoms with Gasteiger partial charge in [0.25, 0.3) is 0 Å². The maximum atomic E-state index is 11.2. The molecule has 0 fully saturated rings. The van der Waals surface area contributed by atoms with Gasteiger partial charge in [0, 0.05) is 24.4 Å². The van der Waals surface area contributed by atoms with Gasteiger partial charge in [0.15, 0.2) is 4.96 Å². The molecule has 1 N–H and O–H groups in total. The number of aromatic nitrogens is 2. The molecule has 0 radical (unpaired) electrons. The molecule has 0 unspecified atom stereocenters. The molecule has 2 rings (SSSR count). The van der Waals surface area contributed by atoms with E-state index in [1.54, 1.807) is 0 Å².